The van der Waals surface area contributed by atoms with Crippen LogP contribution in [0.25, 0.3) is 0 Å². The van der Waals surface area contributed by atoms with Gasteiger partial charge in [0.2, 0.25) is 0 Å². The molecule has 0 aliphatic carbocycles. The maximum Gasteiger partial charge on any atom is 0.351 e. The molecular weight excluding hydrogens is 385 g/mol. The first-order valence-electron chi connectivity index (χ1n) is 3.89. The van der Waals surface area contributed by atoms with Crippen LogP contribution in [0.3, 0.4) is 0 Å². The van der Waals surface area contributed by atoms with Crippen molar-refractivity contribution < 1.29 is 17.6 Å². The third kappa shape index (κ3) is 3.05. The summed E-state index contributed by atoms with van der Waals surface area (Å²) >= 11 is 31.2. The Kier molecular flexibility index (Phi) is 4.86. The first kappa shape index (κ1) is 16.7. The fourth-order valence-electron chi connectivity index (χ4n) is 1.13. The van der Waals surface area contributed by atoms with Crippen molar-refractivity contribution in [2.24, 2.45) is 0 Å². The van der Waals surface area contributed by atoms with Crippen molar-refractivity contribution in [3.8, 4) is 0 Å². The van der Waals surface area contributed by atoms with Gasteiger partial charge in [-0.3, -0.25) is 0 Å². The summed E-state index contributed by atoms with van der Waals surface area (Å²) in [5.41, 5.74) is -2.32. The molecule has 1 aromatic rings. The molecule has 102 valence electrons. The lowest BCUT2D eigenvalue weighted by Gasteiger charge is -2.20. The van der Waals surface area contributed by atoms with Crippen molar-refractivity contribution in [3.63, 3.8) is 0 Å². The van der Waals surface area contributed by atoms with Crippen molar-refractivity contribution >= 4 is 69.6 Å². The Morgan fingerprint density at radius 1 is 0.556 bits per heavy atom. The van der Waals surface area contributed by atoms with Crippen LogP contribution in [-0.2, 0) is 10.8 Å². The summed E-state index contributed by atoms with van der Waals surface area (Å²) in [5, 5.41) is -11.8. The predicted octanol–water partition coefficient (Wildman–Crippen LogP) is 6.88. The van der Waals surface area contributed by atoms with Crippen molar-refractivity contribution in [2.45, 2.75) is 10.8 Å². The predicted molar refractivity (Wildman–Crippen MR) is 66.0 cm³/mol. The highest BCUT2D eigenvalue weighted by Crippen LogP contribution is 2.53. The number of halogens is 10. The summed E-state index contributed by atoms with van der Waals surface area (Å²) in [6.45, 7) is 0. The zero-order valence-electron chi connectivity index (χ0n) is 7.78. The molecule has 0 spiro atoms. The van der Waals surface area contributed by atoms with Gasteiger partial charge in [-0.05, 0) is 23.2 Å². The van der Waals surface area contributed by atoms with E-state index in [1.807, 2.05) is 0 Å². The highest BCUT2D eigenvalue weighted by molar-refractivity contribution is 6.50. The number of benzene rings is 1. The van der Waals surface area contributed by atoms with E-state index in [2.05, 4.69) is 0 Å². The maximum absolute atomic E-state index is 13.0. The summed E-state index contributed by atoms with van der Waals surface area (Å²) in [5.74, 6) is 0. The largest absolute Gasteiger partial charge is 0.351 e. The first-order chi connectivity index (χ1) is 7.89. The average Bonchev–Trinajstić information content (AvgIpc) is 2.10. The van der Waals surface area contributed by atoms with Gasteiger partial charge < -0.3 is 0 Å². The van der Waals surface area contributed by atoms with Crippen molar-refractivity contribution in [2.75, 3.05) is 0 Å². The zero-order chi connectivity index (χ0) is 14.5. The summed E-state index contributed by atoms with van der Waals surface area (Å²) in [6, 6.07) is 0. The van der Waals surface area contributed by atoms with Crippen LogP contribution in [0.5, 0.6) is 0 Å². The molecule has 18 heavy (non-hydrogen) atoms. The van der Waals surface area contributed by atoms with E-state index in [4.69, 9.17) is 69.6 Å². The number of alkyl halides is 6. The van der Waals surface area contributed by atoms with E-state index < -0.39 is 42.0 Å². The van der Waals surface area contributed by atoms with Gasteiger partial charge in [0, 0.05) is 0 Å². The van der Waals surface area contributed by atoms with Crippen molar-refractivity contribution in [1.29, 1.82) is 0 Å². The second-order valence-electron chi connectivity index (χ2n) is 3.00. The minimum Gasteiger partial charge on any atom is -0.183 e. The molecule has 0 heterocycles. The van der Waals surface area contributed by atoms with Crippen LogP contribution in [0.4, 0.5) is 17.6 Å². The molecule has 0 aliphatic rings. The van der Waals surface area contributed by atoms with Gasteiger partial charge in [0.05, 0.1) is 31.2 Å². The molecule has 0 aliphatic heterocycles. The number of hydrogen-bond donors (Lipinski definition) is 0. The van der Waals surface area contributed by atoms with E-state index in [9.17, 15) is 17.6 Å². The van der Waals surface area contributed by atoms with Crippen LogP contribution in [0.1, 0.15) is 11.1 Å². The van der Waals surface area contributed by atoms with Gasteiger partial charge in [-0.15, -0.1) is 0 Å². The van der Waals surface area contributed by atoms with Crippen LogP contribution < -0.4 is 0 Å². The molecule has 0 saturated heterocycles. The monoisotopic (exact) mass is 382 g/mol. The van der Waals surface area contributed by atoms with E-state index in [1.54, 1.807) is 0 Å². The smallest absolute Gasteiger partial charge is 0.183 e. The number of hydrogen-bond acceptors (Lipinski definition) is 0. The second kappa shape index (κ2) is 5.23. The zero-order valence-corrected chi connectivity index (χ0v) is 12.3. The van der Waals surface area contributed by atoms with E-state index in [0.29, 0.717) is 0 Å². The molecule has 0 radical (unpaired) electrons. The van der Waals surface area contributed by atoms with Crippen LogP contribution >= 0.6 is 69.6 Å². The van der Waals surface area contributed by atoms with Gasteiger partial charge in [0.25, 0.3) is 0 Å². The van der Waals surface area contributed by atoms with E-state index in [-0.39, 0.29) is 0 Å². The highest BCUT2D eigenvalue weighted by Gasteiger charge is 2.42. The Bertz CT molecular complexity index is 416. The molecule has 10 heteroatoms. The summed E-state index contributed by atoms with van der Waals surface area (Å²) in [6.07, 6.45) is 0. The van der Waals surface area contributed by atoms with Gasteiger partial charge in [-0.25, -0.2) is 0 Å². The van der Waals surface area contributed by atoms with Gasteiger partial charge in [0.1, 0.15) is 0 Å². The molecule has 0 aromatic heterocycles. The Morgan fingerprint density at radius 2 is 0.722 bits per heavy atom. The molecule has 0 fully saturated rings. The van der Waals surface area contributed by atoms with E-state index in [0.717, 1.165) is 0 Å². The summed E-state index contributed by atoms with van der Waals surface area (Å²) < 4.78 is 52.1. The molecule has 0 unspecified atom stereocenters. The third-order valence-corrected chi connectivity index (χ3v) is 3.91. The SMILES string of the molecule is FC(F)(Cl)c1c(Cl)c(Cl)c(C(F)(F)Cl)c(Cl)c1Cl. The minimum atomic E-state index is -4.03. The standard InChI is InChI=1S/C8Cl6F4/c9-3-1(7(13,15)16)4(10)6(12)2(5(3)11)8(14,17)18. The molecule has 0 N–H and O–H groups in total. The van der Waals surface area contributed by atoms with Crippen LogP contribution in [0.2, 0.25) is 20.1 Å². The van der Waals surface area contributed by atoms with Gasteiger partial charge in [-0.2, -0.15) is 17.6 Å². The number of rotatable bonds is 2. The van der Waals surface area contributed by atoms with Crippen LogP contribution in [-0.4, -0.2) is 0 Å². The Labute approximate surface area is 129 Å². The molecule has 0 saturated carbocycles. The fraction of sp³-hybridized carbons (Fsp3) is 0.250. The fourth-order valence-corrected chi connectivity index (χ4v) is 3.03. The lowest BCUT2D eigenvalue weighted by Crippen LogP contribution is -2.12. The van der Waals surface area contributed by atoms with E-state index in [1.165, 1.54) is 0 Å². The highest BCUT2D eigenvalue weighted by atomic mass is 35.5. The quantitative estimate of drug-likeness (QED) is 0.296. The molecule has 0 amide bonds. The molecule has 0 nitrogen and oxygen atoms in total. The summed E-state index contributed by atoms with van der Waals surface area (Å²) in [4.78, 5) is 0. The van der Waals surface area contributed by atoms with E-state index >= 15 is 0 Å². The third-order valence-electron chi connectivity index (χ3n) is 1.83. The van der Waals surface area contributed by atoms with Crippen molar-refractivity contribution in [1.82, 2.24) is 0 Å². The Morgan fingerprint density at radius 3 is 0.833 bits per heavy atom. The maximum atomic E-state index is 13.0. The summed E-state index contributed by atoms with van der Waals surface area (Å²) in [7, 11) is 0. The topological polar surface area (TPSA) is 0 Å². The molecule has 0 atom stereocenters. The minimum absolute atomic E-state index is 0.943. The van der Waals surface area contributed by atoms with Gasteiger partial charge in [0.15, 0.2) is 0 Å². The van der Waals surface area contributed by atoms with Crippen molar-refractivity contribution in [3.05, 3.63) is 31.2 Å². The average molecular weight is 385 g/mol. The molecule has 1 rings (SSSR count). The molecule has 1 aromatic carbocycles. The van der Waals surface area contributed by atoms with Gasteiger partial charge >= 0.3 is 10.8 Å². The first-order valence-corrected chi connectivity index (χ1v) is 6.16. The lowest BCUT2D eigenvalue weighted by molar-refractivity contribution is 0.0909. The Hall–Kier alpha value is 0.680. The van der Waals surface area contributed by atoms with Crippen LogP contribution in [0, 0.1) is 0 Å². The normalized spacial score (nSPS) is 13.0. The molecular formula is C8Cl6F4. The van der Waals surface area contributed by atoms with Gasteiger partial charge in [-0.1, -0.05) is 46.4 Å². The second-order valence-corrected chi connectivity index (χ2v) is 5.46. The van der Waals surface area contributed by atoms with Crippen LogP contribution in [0.15, 0.2) is 0 Å². The Balaban J connectivity index is 3.79. The lowest BCUT2D eigenvalue weighted by atomic mass is 10.1. The molecule has 0 bridgehead atoms.